The molecule has 2 nitrogen and oxygen atoms in total. The van der Waals surface area contributed by atoms with Crippen LogP contribution >= 0.6 is 11.6 Å². The number of amides is 1. The first-order valence-corrected chi connectivity index (χ1v) is 5.84. The Morgan fingerprint density at radius 2 is 1.59 bits per heavy atom. The highest BCUT2D eigenvalue weighted by molar-refractivity contribution is 6.25. The second kappa shape index (κ2) is 3.90. The molecule has 1 aliphatic rings. The van der Waals surface area contributed by atoms with E-state index in [9.17, 15) is 4.79 Å². The molecule has 1 N–H and O–H groups in total. The summed E-state index contributed by atoms with van der Waals surface area (Å²) in [5, 5.41) is 2.60. The highest BCUT2D eigenvalue weighted by atomic mass is 35.5. The van der Waals surface area contributed by atoms with Crippen molar-refractivity contribution >= 4 is 23.2 Å². The number of benzene rings is 2. The number of carbonyl (C=O) groups is 1. The molecule has 0 aliphatic carbocycles. The number of nitrogens with one attached hydrogen (secondary N) is 1. The minimum Gasteiger partial charge on any atom is -0.322 e. The van der Waals surface area contributed by atoms with E-state index in [0.29, 0.717) is 5.56 Å². The van der Waals surface area contributed by atoms with Crippen molar-refractivity contribution in [3.63, 3.8) is 0 Å². The number of hydrogen-bond donors (Lipinski definition) is 1. The molecule has 2 aromatic carbocycles. The molecule has 0 saturated heterocycles. The fraction of sp³-hybridized carbons (Fsp3) is 0.0714. The first-order valence-electron chi connectivity index (χ1n) is 5.40. The molecular weight excluding hydrogens is 234 g/mol. The topological polar surface area (TPSA) is 29.1 Å². The van der Waals surface area contributed by atoms with E-state index in [4.69, 9.17) is 11.6 Å². The van der Waals surface area contributed by atoms with Gasteiger partial charge in [-0.25, -0.2) is 0 Å². The maximum Gasteiger partial charge on any atom is 0.256 e. The zero-order chi connectivity index (χ0) is 11.8. The standard InChI is InChI=1S/C14H10ClNO/c15-13-9-5-1-2-6-10(9)14(17)16-12-8-4-3-7-11(12)13/h1-8,13H,(H,16,17)/t13-/m1/s1. The fourth-order valence-electron chi connectivity index (χ4n) is 2.11. The SMILES string of the molecule is O=C1Nc2ccccc2[C@H](Cl)c2ccccc21. The summed E-state index contributed by atoms with van der Waals surface area (Å²) in [7, 11) is 0. The molecule has 0 bridgehead atoms. The molecule has 0 unspecified atom stereocenters. The maximum absolute atomic E-state index is 12.0. The first kappa shape index (κ1) is 10.4. The molecule has 1 amide bonds. The van der Waals surface area contributed by atoms with Crippen molar-refractivity contribution < 1.29 is 4.79 Å². The fourth-order valence-corrected chi connectivity index (χ4v) is 2.49. The number of alkyl halides is 1. The summed E-state index contributed by atoms with van der Waals surface area (Å²) in [5.41, 5.74) is 3.22. The van der Waals surface area contributed by atoms with Crippen LogP contribution in [0.1, 0.15) is 26.9 Å². The Labute approximate surface area is 104 Å². The van der Waals surface area contributed by atoms with Gasteiger partial charge in [0.2, 0.25) is 0 Å². The average molecular weight is 244 g/mol. The van der Waals surface area contributed by atoms with Crippen LogP contribution in [0.4, 0.5) is 5.69 Å². The molecule has 0 fully saturated rings. The molecule has 1 aliphatic heterocycles. The monoisotopic (exact) mass is 243 g/mol. The summed E-state index contributed by atoms with van der Waals surface area (Å²) in [4.78, 5) is 12.0. The van der Waals surface area contributed by atoms with Crippen molar-refractivity contribution in [3.05, 3.63) is 65.2 Å². The second-order valence-electron chi connectivity index (χ2n) is 3.99. The lowest BCUT2D eigenvalue weighted by molar-refractivity contribution is 0.102. The third kappa shape index (κ3) is 1.61. The molecule has 17 heavy (non-hydrogen) atoms. The van der Waals surface area contributed by atoms with Crippen LogP contribution in [0.2, 0.25) is 0 Å². The third-order valence-corrected chi connectivity index (χ3v) is 3.43. The van der Waals surface area contributed by atoms with Crippen LogP contribution < -0.4 is 5.32 Å². The number of halogens is 1. The molecule has 0 saturated carbocycles. The second-order valence-corrected chi connectivity index (χ2v) is 4.43. The third-order valence-electron chi connectivity index (χ3n) is 2.96. The number of para-hydroxylation sites is 1. The van der Waals surface area contributed by atoms with Gasteiger partial charge < -0.3 is 5.32 Å². The van der Waals surface area contributed by atoms with Crippen molar-refractivity contribution in [1.82, 2.24) is 0 Å². The Balaban J connectivity index is 2.26. The van der Waals surface area contributed by atoms with E-state index < -0.39 is 0 Å². The van der Waals surface area contributed by atoms with Crippen LogP contribution in [0.3, 0.4) is 0 Å². The number of rotatable bonds is 0. The van der Waals surface area contributed by atoms with Crippen molar-refractivity contribution in [3.8, 4) is 0 Å². The zero-order valence-electron chi connectivity index (χ0n) is 8.98. The van der Waals surface area contributed by atoms with Gasteiger partial charge in [0.05, 0.1) is 5.38 Å². The van der Waals surface area contributed by atoms with Crippen molar-refractivity contribution in [2.45, 2.75) is 5.38 Å². The van der Waals surface area contributed by atoms with Crippen molar-refractivity contribution in [2.24, 2.45) is 0 Å². The Morgan fingerprint density at radius 3 is 2.41 bits per heavy atom. The molecule has 84 valence electrons. The summed E-state index contributed by atoms with van der Waals surface area (Å²) >= 11 is 6.46. The predicted molar refractivity (Wildman–Crippen MR) is 68.5 cm³/mol. The number of hydrogen-bond acceptors (Lipinski definition) is 1. The average Bonchev–Trinajstić information content (AvgIpc) is 2.48. The summed E-state index contributed by atoms with van der Waals surface area (Å²) in [5.74, 6) is -0.101. The van der Waals surface area contributed by atoms with Gasteiger partial charge in [0, 0.05) is 11.3 Å². The number of carbonyl (C=O) groups excluding carboxylic acids is 1. The largest absolute Gasteiger partial charge is 0.322 e. The minimum absolute atomic E-state index is 0.101. The highest BCUT2D eigenvalue weighted by Gasteiger charge is 2.25. The Bertz CT molecular complexity index is 594. The van der Waals surface area contributed by atoms with Crippen molar-refractivity contribution in [2.75, 3.05) is 5.32 Å². The maximum atomic E-state index is 12.0. The minimum atomic E-state index is -0.290. The van der Waals surface area contributed by atoms with Crippen LogP contribution in [0, 0.1) is 0 Å². The van der Waals surface area contributed by atoms with Crippen LogP contribution in [-0.4, -0.2) is 5.91 Å². The summed E-state index contributed by atoms with van der Waals surface area (Å²) in [6.45, 7) is 0. The van der Waals surface area contributed by atoms with Gasteiger partial charge in [-0.1, -0.05) is 36.4 Å². The lowest BCUT2D eigenvalue weighted by atomic mass is 10.00. The van der Waals surface area contributed by atoms with E-state index in [1.165, 1.54) is 0 Å². The lowest BCUT2D eigenvalue weighted by Crippen LogP contribution is -2.11. The van der Waals surface area contributed by atoms with Gasteiger partial charge in [-0.05, 0) is 23.3 Å². The van der Waals surface area contributed by atoms with E-state index in [1.807, 2.05) is 42.5 Å². The first-order chi connectivity index (χ1) is 8.27. The number of anilines is 1. The van der Waals surface area contributed by atoms with Gasteiger partial charge in [-0.2, -0.15) is 0 Å². The van der Waals surface area contributed by atoms with Gasteiger partial charge in [0.25, 0.3) is 5.91 Å². The Kier molecular flexibility index (Phi) is 2.37. The zero-order valence-corrected chi connectivity index (χ0v) is 9.74. The quantitative estimate of drug-likeness (QED) is 0.704. The molecule has 0 radical (unpaired) electrons. The molecule has 3 heteroatoms. The predicted octanol–water partition coefficient (Wildman–Crippen LogP) is 3.58. The summed E-state index contributed by atoms with van der Waals surface area (Å²) < 4.78 is 0. The van der Waals surface area contributed by atoms with Gasteiger partial charge >= 0.3 is 0 Å². The molecule has 1 heterocycles. The molecule has 2 aromatic rings. The van der Waals surface area contributed by atoms with Crippen LogP contribution in [0.25, 0.3) is 0 Å². The molecule has 1 atom stereocenters. The van der Waals surface area contributed by atoms with E-state index in [0.717, 1.165) is 16.8 Å². The van der Waals surface area contributed by atoms with Crippen LogP contribution in [0.15, 0.2) is 48.5 Å². The van der Waals surface area contributed by atoms with Gasteiger partial charge in [-0.3, -0.25) is 4.79 Å². The Hall–Kier alpha value is -1.80. The van der Waals surface area contributed by atoms with E-state index in [1.54, 1.807) is 6.07 Å². The molecular formula is C14H10ClNO. The lowest BCUT2D eigenvalue weighted by Gasteiger charge is -2.11. The van der Waals surface area contributed by atoms with Gasteiger partial charge in [0.15, 0.2) is 0 Å². The highest BCUT2D eigenvalue weighted by Crippen LogP contribution is 2.37. The van der Waals surface area contributed by atoms with E-state index in [-0.39, 0.29) is 11.3 Å². The summed E-state index contributed by atoms with van der Waals surface area (Å²) in [6, 6.07) is 15.1. The smallest absolute Gasteiger partial charge is 0.256 e. The molecule has 3 rings (SSSR count). The normalized spacial score (nSPS) is 17.7. The molecule has 0 aromatic heterocycles. The summed E-state index contributed by atoms with van der Waals surface area (Å²) in [6.07, 6.45) is 0. The number of fused-ring (bicyclic) bond motifs is 2. The van der Waals surface area contributed by atoms with Crippen LogP contribution in [0.5, 0.6) is 0 Å². The van der Waals surface area contributed by atoms with E-state index in [2.05, 4.69) is 5.32 Å². The molecule has 0 spiro atoms. The van der Waals surface area contributed by atoms with Gasteiger partial charge in [-0.15, -0.1) is 11.6 Å². The van der Waals surface area contributed by atoms with E-state index >= 15 is 0 Å². The Morgan fingerprint density at radius 1 is 0.941 bits per heavy atom. The van der Waals surface area contributed by atoms with Gasteiger partial charge in [0.1, 0.15) is 0 Å². The van der Waals surface area contributed by atoms with Crippen molar-refractivity contribution in [1.29, 1.82) is 0 Å². The van der Waals surface area contributed by atoms with Crippen LogP contribution in [-0.2, 0) is 0 Å².